The van der Waals surface area contributed by atoms with E-state index in [4.69, 9.17) is 10.2 Å². The summed E-state index contributed by atoms with van der Waals surface area (Å²) in [6, 6.07) is 1.90. The maximum Gasteiger partial charge on any atom is 0.257 e. The maximum absolute atomic E-state index is 12.3. The predicted octanol–water partition coefficient (Wildman–Crippen LogP) is 2.67. The number of nitrogens with zero attached hydrogens (tertiary/aromatic N) is 1. The van der Waals surface area contributed by atoms with Crippen molar-refractivity contribution in [1.29, 1.82) is 0 Å². The molecule has 1 aromatic rings. The Kier molecular flexibility index (Phi) is 7.02. The molecule has 5 heteroatoms. The monoisotopic (exact) mass is 274 g/mol. The summed E-state index contributed by atoms with van der Waals surface area (Å²) < 4.78 is 5.20. The smallest absolute Gasteiger partial charge is 0.257 e. The fourth-order valence-corrected chi connectivity index (χ4v) is 1.69. The van der Waals surface area contributed by atoms with Gasteiger partial charge >= 0.3 is 0 Å². The van der Waals surface area contributed by atoms with Crippen LogP contribution in [0.2, 0.25) is 0 Å². The van der Waals surface area contributed by atoms with Gasteiger partial charge in [-0.25, -0.2) is 0 Å². The lowest BCUT2D eigenvalue weighted by molar-refractivity contribution is 0.0681. The highest BCUT2D eigenvalue weighted by Crippen LogP contribution is 2.14. The minimum Gasteiger partial charge on any atom is -0.467 e. The van der Waals surface area contributed by atoms with Crippen LogP contribution in [0, 0.1) is 5.92 Å². The first-order valence-electron chi connectivity index (χ1n) is 6.04. The average molecular weight is 275 g/mol. The number of halogens is 1. The third-order valence-electron chi connectivity index (χ3n) is 2.55. The van der Waals surface area contributed by atoms with Crippen LogP contribution in [0.3, 0.4) is 0 Å². The summed E-state index contributed by atoms with van der Waals surface area (Å²) in [5, 5.41) is 0. The Labute approximate surface area is 115 Å². The first-order chi connectivity index (χ1) is 7.95. The zero-order valence-corrected chi connectivity index (χ0v) is 12.3. The largest absolute Gasteiger partial charge is 0.467 e. The fourth-order valence-electron chi connectivity index (χ4n) is 1.69. The molecule has 0 aliphatic heterocycles. The summed E-state index contributed by atoms with van der Waals surface area (Å²) in [5.41, 5.74) is 6.04. The molecule has 0 fully saturated rings. The van der Waals surface area contributed by atoms with Crippen LogP contribution < -0.4 is 5.73 Å². The fraction of sp³-hybridized carbons (Fsp3) is 0.615. The average Bonchev–Trinajstić information content (AvgIpc) is 2.72. The standard InChI is InChI=1S/C13H22N2O2.ClH/c1-9(2)7-15(10(3)4)13(16)11-5-12(6-14)17-8-11;/h5,8-10H,6-7,14H2,1-4H3;1H. The number of nitrogens with two attached hydrogens (primary N) is 1. The first-order valence-corrected chi connectivity index (χ1v) is 6.04. The Morgan fingerprint density at radius 1 is 1.39 bits per heavy atom. The molecule has 0 unspecified atom stereocenters. The van der Waals surface area contributed by atoms with E-state index in [0.29, 0.717) is 23.8 Å². The van der Waals surface area contributed by atoms with E-state index >= 15 is 0 Å². The second-order valence-electron chi connectivity index (χ2n) is 4.95. The third-order valence-corrected chi connectivity index (χ3v) is 2.55. The molecule has 0 aliphatic carbocycles. The van der Waals surface area contributed by atoms with Crippen molar-refractivity contribution < 1.29 is 9.21 Å². The molecule has 1 amide bonds. The number of hydrogen-bond acceptors (Lipinski definition) is 3. The topological polar surface area (TPSA) is 59.5 Å². The van der Waals surface area contributed by atoms with Crippen LogP contribution >= 0.6 is 12.4 Å². The molecule has 0 aliphatic rings. The number of amides is 1. The van der Waals surface area contributed by atoms with Gasteiger partial charge in [0.15, 0.2) is 0 Å². The Balaban J connectivity index is 0.00000289. The minimum absolute atomic E-state index is 0. The molecular weight excluding hydrogens is 252 g/mol. The van der Waals surface area contributed by atoms with Gasteiger partial charge in [0, 0.05) is 12.6 Å². The predicted molar refractivity (Wildman–Crippen MR) is 74.9 cm³/mol. The molecule has 1 aromatic heterocycles. The molecule has 1 rings (SSSR count). The lowest BCUT2D eigenvalue weighted by atomic mass is 10.1. The van der Waals surface area contributed by atoms with Gasteiger partial charge in [0.25, 0.3) is 5.91 Å². The van der Waals surface area contributed by atoms with Crippen molar-refractivity contribution in [1.82, 2.24) is 4.90 Å². The van der Waals surface area contributed by atoms with E-state index in [9.17, 15) is 4.79 Å². The van der Waals surface area contributed by atoms with E-state index in [2.05, 4.69) is 13.8 Å². The summed E-state index contributed by atoms with van der Waals surface area (Å²) in [6.45, 7) is 9.31. The van der Waals surface area contributed by atoms with Crippen LogP contribution in [0.4, 0.5) is 0 Å². The van der Waals surface area contributed by atoms with Crippen molar-refractivity contribution in [2.75, 3.05) is 6.54 Å². The van der Waals surface area contributed by atoms with Crippen LogP contribution in [-0.4, -0.2) is 23.4 Å². The molecule has 0 saturated heterocycles. The highest BCUT2D eigenvalue weighted by Gasteiger charge is 2.21. The lowest BCUT2D eigenvalue weighted by Gasteiger charge is -2.28. The van der Waals surface area contributed by atoms with Crippen molar-refractivity contribution in [3.05, 3.63) is 23.7 Å². The molecule has 18 heavy (non-hydrogen) atoms. The van der Waals surface area contributed by atoms with Gasteiger partial charge < -0.3 is 15.1 Å². The molecule has 0 spiro atoms. The number of hydrogen-bond donors (Lipinski definition) is 1. The van der Waals surface area contributed by atoms with Gasteiger partial charge in [-0.3, -0.25) is 4.79 Å². The molecule has 0 radical (unpaired) electrons. The summed E-state index contributed by atoms with van der Waals surface area (Å²) in [7, 11) is 0. The van der Waals surface area contributed by atoms with E-state index < -0.39 is 0 Å². The Bertz CT molecular complexity index is 375. The quantitative estimate of drug-likeness (QED) is 0.898. The molecule has 2 N–H and O–H groups in total. The van der Waals surface area contributed by atoms with Gasteiger partial charge in [0.2, 0.25) is 0 Å². The molecule has 1 heterocycles. The maximum atomic E-state index is 12.3. The van der Waals surface area contributed by atoms with Crippen LogP contribution in [0.1, 0.15) is 43.8 Å². The van der Waals surface area contributed by atoms with E-state index in [1.54, 1.807) is 6.07 Å². The SMILES string of the molecule is CC(C)CN(C(=O)c1coc(CN)c1)C(C)C.Cl. The lowest BCUT2D eigenvalue weighted by Crippen LogP contribution is -2.39. The van der Waals surface area contributed by atoms with Crippen molar-refractivity contribution in [3.63, 3.8) is 0 Å². The Morgan fingerprint density at radius 2 is 2.00 bits per heavy atom. The molecule has 0 bridgehead atoms. The van der Waals surface area contributed by atoms with Crippen LogP contribution in [-0.2, 0) is 6.54 Å². The molecule has 4 nitrogen and oxygen atoms in total. The van der Waals surface area contributed by atoms with Gasteiger partial charge in [-0.2, -0.15) is 0 Å². The van der Waals surface area contributed by atoms with Gasteiger partial charge in [0.05, 0.1) is 12.1 Å². The Morgan fingerprint density at radius 3 is 2.39 bits per heavy atom. The third kappa shape index (κ3) is 4.35. The van der Waals surface area contributed by atoms with Crippen LogP contribution in [0.5, 0.6) is 0 Å². The molecule has 0 atom stereocenters. The highest BCUT2D eigenvalue weighted by atomic mass is 35.5. The summed E-state index contributed by atoms with van der Waals surface area (Å²) in [4.78, 5) is 14.1. The van der Waals surface area contributed by atoms with Gasteiger partial charge in [-0.1, -0.05) is 13.8 Å². The van der Waals surface area contributed by atoms with Crippen molar-refractivity contribution in [3.8, 4) is 0 Å². The molecule has 0 aromatic carbocycles. The van der Waals surface area contributed by atoms with Crippen LogP contribution in [0.25, 0.3) is 0 Å². The highest BCUT2D eigenvalue weighted by molar-refractivity contribution is 5.94. The zero-order valence-electron chi connectivity index (χ0n) is 11.5. The van der Waals surface area contributed by atoms with E-state index in [1.807, 2.05) is 18.7 Å². The molecule has 104 valence electrons. The Hall–Kier alpha value is -1.00. The van der Waals surface area contributed by atoms with Gasteiger partial charge in [-0.05, 0) is 25.8 Å². The van der Waals surface area contributed by atoms with Crippen LogP contribution in [0.15, 0.2) is 16.7 Å². The number of carbonyl (C=O) groups excluding carboxylic acids is 1. The first kappa shape index (κ1) is 17.0. The number of rotatable bonds is 5. The summed E-state index contributed by atoms with van der Waals surface area (Å²) in [5.74, 6) is 1.10. The van der Waals surface area contributed by atoms with Crippen molar-refractivity contribution in [2.45, 2.75) is 40.3 Å². The molecular formula is C13H23ClN2O2. The number of carbonyl (C=O) groups is 1. The zero-order chi connectivity index (χ0) is 13.0. The summed E-state index contributed by atoms with van der Waals surface area (Å²) in [6.07, 6.45) is 1.49. The van der Waals surface area contributed by atoms with Gasteiger partial charge in [0.1, 0.15) is 12.0 Å². The molecule has 0 saturated carbocycles. The summed E-state index contributed by atoms with van der Waals surface area (Å²) >= 11 is 0. The van der Waals surface area contributed by atoms with E-state index in [-0.39, 0.29) is 24.4 Å². The van der Waals surface area contributed by atoms with E-state index in [1.165, 1.54) is 6.26 Å². The normalized spacial score (nSPS) is 10.6. The minimum atomic E-state index is 0. The second kappa shape index (κ2) is 7.44. The van der Waals surface area contributed by atoms with Crippen molar-refractivity contribution >= 4 is 18.3 Å². The van der Waals surface area contributed by atoms with Crippen molar-refractivity contribution in [2.24, 2.45) is 11.7 Å². The van der Waals surface area contributed by atoms with E-state index in [0.717, 1.165) is 6.54 Å². The van der Waals surface area contributed by atoms with Gasteiger partial charge in [-0.15, -0.1) is 12.4 Å². The number of furan rings is 1. The second-order valence-corrected chi connectivity index (χ2v) is 4.95.